The molecule has 0 fully saturated rings. The van der Waals surface area contributed by atoms with Crippen LogP contribution in [-0.2, 0) is 0 Å². The van der Waals surface area contributed by atoms with Crippen LogP contribution in [0.1, 0.15) is 10.6 Å². The zero-order valence-electron chi connectivity index (χ0n) is 8.36. The van der Waals surface area contributed by atoms with Crippen LogP contribution in [0.4, 0.5) is 5.69 Å². The van der Waals surface area contributed by atoms with E-state index in [4.69, 9.17) is 4.42 Å². The maximum atomic E-state index is 10.5. The van der Waals surface area contributed by atoms with Crippen molar-refractivity contribution < 1.29 is 9.21 Å². The lowest BCUT2D eigenvalue weighted by molar-refractivity contribution is 0.110. The van der Waals surface area contributed by atoms with Crippen LogP contribution in [0.25, 0.3) is 11.3 Å². The molecular formula is C12H11NO2. The predicted molar refractivity (Wildman–Crippen MR) is 59.1 cm³/mol. The number of hydrogen-bond donors (Lipinski definition) is 1. The summed E-state index contributed by atoms with van der Waals surface area (Å²) in [5, 5.41) is 3.07. The first-order valence-electron chi connectivity index (χ1n) is 4.67. The first-order valence-corrected chi connectivity index (χ1v) is 4.67. The number of carbonyl (C=O) groups is 1. The van der Waals surface area contributed by atoms with E-state index >= 15 is 0 Å². The fourth-order valence-electron chi connectivity index (χ4n) is 1.48. The molecule has 1 aromatic carbocycles. The molecular weight excluding hydrogens is 190 g/mol. The van der Waals surface area contributed by atoms with Crippen molar-refractivity contribution in [2.45, 2.75) is 0 Å². The Labute approximate surface area is 87.7 Å². The number of rotatable bonds is 3. The van der Waals surface area contributed by atoms with Crippen LogP contribution < -0.4 is 5.32 Å². The highest BCUT2D eigenvalue weighted by Crippen LogP contribution is 2.28. The Hall–Kier alpha value is -2.03. The Balaban J connectivity index is 2.48. The maximum Gasteiger partial charge on any atom is 0.185 e. The van der Waals surface area contributed by atoms with Crippen LogP contribution >= 0.6 is 0 Å². The Morgan fingerprint density at radius 3 is 2.67 bits per heavy atom. The summed E-state index contributed by atoms with van der Waals surface area (Å²) in [5.41, 5.74) is 1.93. The minimum absolute atomic E-state index is 0.343. The minimum Gasteiger partial charge on any atom is -0.453 e. The Kier molecular flexibility index (Phi) is 2.54. The molecule has 1 aromatic heterocycles. The summed E-state index contributed by atoms with van der Waals surface area (Å²) >= 11 is 0. The molecule has 0 radical (unpaired) electrons. The number of anilines is 1. The van der Waals surface area contributed by atoms with Crippen molar-refractivity contribution in [2.24, 2.45) is 0 Å². The number of carbonyl (C=O) groups excluding carboxylic acids is 1. The predicted octanol–water partition coefficient (Wildman–Crippen LogP) is 2.80. The van der Waals surface area contributed by atoms with Crippen molar-refractivity contribution in [3.05, 3.63) is 42.2 Å². The molecule has 2 rings (SSSR count). The summed E-state index contributed by atoms with van der Waals surface area (Å²) < 4.78 is 5.35. The smallest absolute Gasteiger partial charge is 0.185 e. The third kappa shape index (κ3) is 1.76. The summed E-state index contributed by atoms with van der Waals surface area (Å²) in [6, 6.07) is 11.2. The van der Waals surface area contributed by atoms with Gasteiger partial charge in [-0.25, -0.2) is 0 Å². The van der Waals surface area contributed by atoms with E-state index in [0.717, 1.165) is 11.3 Å². The van der Waals surface area contributed by atoms with Gasteiger partial charge in [0.2, 0.25) is 0 Å². The molecule has 0 unspecified atom stereocenters. The zero-order valence-corrected chi connectivity index (χ0v) is 8.36. The Morgan fingerprint density at radius 1 is 1.20 bits per heavy atom. The minimum atomic E-state index is 0.343. The van der Waals surface area contributed by atoms with Gasteiger partial charge >= 0.3 is 0 Å². The number of para-hydroxylation sites is 1. The monoisotopic (exact) mass is 201 g/mol. The fourth-order valence-corrected chi connectivity index (χ4v) is 1.48. The van der Waals surface area contributed by atoms with Gasteiger partial charge in [-0.1, -0.05) is 12.1 Å². The van der Waals surface area contributed by atoms with Crippen molar-refractivity contribution in [1.82, 2.24) is 0 Å². The molecule has 0 bridgehead atoms. The highest BCUT2D eigenvalue weighted by Gasteiger charge is 2.07. The molecule has 1 N–H and O–H groups in total. The largest absolute Gasteiger partial charge is 0.453 e. The van der Waals surface area contributed by atoms with Crippen molar-refractivity contribution in [1.29, 1.82) is 0 Å². The molecule has 0 amide bonds. The molecule has 76 valence electrons. The van der Waals surface area contributed by atoms with E-state index in [2.05, 4.69) is 5.32 Å². The highest BCUT2D eigenvalue weighted by atomic mass is 16.3. The van der Waals surface area contributed by atoms with E-state index in [0.29, 0.717) is 17.8 Å². The number of aldehydes is 1. The van der Waals surface area contributed by atoms with Crippen LogP contribution in [0.2, 0.25) is 0 Å². The molecule has 0 aliphatic heterocycles. The lowest BCUT2D eigenvalue weighted by Crippen LogP contribution is -1.90. The van der Waals surface area contributed by atoms with Crippen molar-refractivity contribution in [2.75, 3.05) is 12.4 Å². The topological polar surface area (TPSA) is 42.2 Å². The fraction of sp³-hybridized carbons (Fsp3) is 0.0833. The Bertz CT molecular complexity index is 474. The molecule has 0 aliphatic carbocycles. The first kappa shape index (κ1) is 9.52. The van der Waals surface area contributed by atoms with Crippen LogP contribution in [0.15, 0.2) is 40.8 Å². The molecule has 0 spiro atoms. The summed E-state index contributed by atoms with van der Waals surface area (Å²) in [4.78, 5) is 10.5. The van der Waals surface area contributed by atoms with Gasteiger partial charge < -0.3 is 9.73 Å². The summed E-state index contributed by atoms with van der Waals surface area (Å²) in [7, 11) is 1.85. The van der Waals surface area contributed by atoms with E-state index in [1.807, 2.05) is 31.3 Å². The van der Waals surface area contributed by atoms with Crippen LogP contribution in [0.5, 0.6) is 0 Å². The van der Waals surface area contributed by atoms with E-state index in [-0.39, 0.29) is 0 Å². The molecule has 0 saturated carbocycles. The average molecular weight is 201 g/mol. The second-order valence-corrected chi connectivity index (χ2v) is 3.12. The van der Waals surface area contributed by atoms with Crippen LogP contribution in [0, 0.1) is 0 Å². The molecule has 0 saturated heterocycles. The van der Waals surface area contributed by atoms with E-state index in [1.54, 1.807) is 12.1 Å². The van der Waals surface area contributed by atoms with Gasteiger partial charge in [0.1, 0.15) is 5.76 Å². The lowest BCUT2D eigenvalue weighted by Gasteiger charge is -2.05. The van der Waals surface area contributed by atoms with Gasteiger partial charge in [-0.05, 0) is 24.3 Å². The standard InChI is InChI=1S/C12H11NO2/c1-13-11-5-3-2-4-10(11)12-7-6-9(8-14)15-12/h2-8,13H,1H3. The normalized spacial score (nSPS) is 9.93. The number of benzene rings is 1. The molecule has 0 aliphatic rings. The first-order chi connectivity index (χ1) is 7.35. The summed E-state index contributed by atoms with van der Waals surface area (Å²) in [6.45, 7) is 0. The van der Waals surface area contributed by atoms with Crippen molar-refractivity contribution >= 4 is 12.0 Å². The van der Waals surface area contributed by atoms with Gasteiger partial charge in [-0.2, -0.15) is 0 Å². The Morgan fingerprint density at radius 2 is 2.00 bits per heavy atom. The zero-order chi connectivity index (χ0) is 10.7. The molecule has 0 atom stereocenters. The average Bonchev–Trinajstić information content (AvgIpc) is 2.77. The van der Waals surface area contributed by atoms with E-state index < -0.39 is 0 Å². The summed E-state index contributed by atoms with van der Waals surface area (Å²) in [5.74, 6) is 1.04. The molecule has 3 heteroatoms. The third-order valence-corrected chi connectivity index (χ3v) is 2.20. The third-order valence-electron chi connectivity index (χ3n) is 2.20. The molecule has 15 heavy (non-hydrogen) atoms. The SMILES string of the molecule is CNc1ccccc1-c1ccc(C=O)o1. The van der Waals surface area contributed by atoms with Crippen LogP contribution in [-0.4, -0.2) is 13.3 Å². The van der Waals surface area contributed by atoms with E-state index in [9.17, 15) is 4.79 Å². The van der Waals surface area contributed by atoms with Gasteiger partial charge in [-0.3, -0.25) is 4.79 Å². The quantitative estimate of drug-likeness (QED) is 0.776. The van der Waals surface area contributed by atoms with Crippen LogP contribution in [0.3, 0.4) is 0 Å². The second kappa shape index (κ2) is 4.00. The van der Waals surface area contributed by atoms with Gasteiger partial charge in [0.15, 0.2) is 12.0 Å². The highest BCUT2D eigenvalue weighted by molar-refractivity contribution is 5.77. The lowest BCUT2D eigenvalue weighted by atomic mass is 10.1. The second-order valence-electron chi connectivity index (χ2n) is 3.12. The molecule has 2 aromatic rings. The summed E-state index contributed by atoms with van der Waals surface area (Å²) in [6.07, 6.45) is 0.700. The van der Waals surface area contributed by atoms with Gasteiger partial charge in [-0.15, -0.1) is 0 Å². The number of furan rings is 1. The van der Waals surface area contributed by atoms with E-state index in [1.165, 1.54) is 0 Å². The van der Waals surface area contributed by atoms with Crippen molar-refractivity contribution in [3.63, 3.8) is 0 Å². The number of nitrogens with one attached hydrogen (secondary N) is 1. The van der Waals surface area contributed by atoms with Gasteiger partial charge in [0, 0.05) is 18.3 Å². The molecule has 3 nitrogen and oxygen atoms in total. The number of hydrogen-bond acceptors (Lipinski definition) is 3. The molecule has 1 heterocycles. The van der Waals surface area contributed by atoms with Gasteiger partial charge in [0.05, 0.1) is 0 Å². The maximum absolute atomic E-state index is 10.5. The van der Waals surface area contributed by atoms with Gasteiger partial charge in [0.25, 0.3) is 0 Å². The van der Waals surface area contributed by atoms with Crippen molar-refractivity contribution in [3.8, 4) is 11.3 Å².